The number of thiophene rings is 1. The summed E-state index contributed by atoms with van der Waals surface area (Å²) in [6.45, 7) is 6.35. The van der Waals surface area contributed by atoms with Crippen LogP contribution >= 0.6 is 11.3 Å². The number of hydrogen-bond acceptors (Lipinski definition) is 11. The molecule has 2 saturated carbocycles. The van der Waals surface area contributed by atoms with Gasteiger partial charge in [0.05, 0.1) is 11.8 Å². The van der Waals surface area contributed by atoms with E-state index in [4.69, 9.17) is 28.9 Å². The van der Waals surface area contributed by atoms with E-state index in [0.29, 0.717) is 98.4 Å². The smallest absolute Gasteiger partial charge is 0.314 e. The van der Waals surface area contributed by atoms with Gasteiger partial charge in [0.2, 0.25) is 0 Å². The Bertz CT molecular complexity index is 2600. The van der Waals surface area contributed by atoms with Gasteiger partial charge in [-0.15, -0.1) is 11.3 Å². The molecule has 10 nitrogen and oxygen atoms in total. The van der Waals surface area contributed by atoms with Gasteiger partial charge in [0.25, 0.3) is 0 Å². The normalized spacial score (nSPS) is 18.8. The fourth-order valence-corrected chi connectivity index (χ4v) is 10.0. The number of ether oxygens (including phenoxy) is 4. The second-order valence-electron chi connectivity index (χ2n) is 17.6. The summed E-state index contributed by atoms with van der Waals surface area (Å²) >= 11 is 1.50. The van der Waals surface area contributed by atoms with Crippen LogP contribution in [0, 0.1) is 18.8 Å². The minimum Gasteiger partial charge on any atom is -0.462 e. The van der Waals surface area contributed by atoms with E-state index in [2.05, 4.69) is 68.4 Å². The first-order valence-electron chi connectivity index (χ1n) is 23.2. The van der Waals surface area contributed by atoms with Crippen molar-refractivity contribution in [2.75, 3.05) is 0 Å². The Morgan fingerprint density at radius 3 is 1.44 bits per heavy atom. The second kappa shape index (κ2) is 20.9. The van der Waals surface area contributed by atoms with Crippen LogP contribution in [0.5, 0.6) is 11.5 Å². The highest BCUT2D eigenvalue weighted by molar-refractivity contribution is 7.25. The third-order valence-electron chi connectivity index (χ3n) is 12.7. The first-order chi connectivity index (χ1) is 31.1. The molecule has 2 aromatic heterocycles. The van der Waals surface area contributed by atoms with Gasteiger partial charge in [-0.3, -0.25) is 19.2 Å². The minimum atomic E-state index is -0.381. The Hall–Kier alpha value is -5.68. The van der Waals surface area contributed by atoms with Crippen molar-refractivity contribution in [3.05, 3.63) is 107 Å². The zero-order valence-corrected chi connectivity index (χ0v) is 38.0. The number of nitrogens with zero attached hydrogens (tertiary/aromatic N) is 2. The fraction of sp³-hybridized carbons (Fsp3) is 0.434. The molecule has 4 aromatic carbocycles. The topological polar surface area (TPSA) is 131 Å². The summed E-state index contributed by atoms with van der Waals surface area (Å²) in [5, 5.41) is 0.949. The molecule has 0 atom stereocenters. The first kappa shape index (κ1) is 44.9. The van der Waals surface area contributed by atoms with E-state index in [1.807, 2.05) is 19.1 Å². The molecule has 11 heteroatoms. The Morgan fingerprint density at radius 2 is 0.984 bits per heavy atom. The Balaban J connectivity index is 0.884. The lowest BCUT2D eigenvalue weighted by Gasteiger charge is -2.27. The highest BCUT2D eigenvalue weighted by atomic mass is 32.1. The number of fused-ring (bicyclic) bond motifs is 4. The summed E-state index contributed by atoms with van der Waals surface area (Å²) in [4.78, 5) is 63.6. The number of benzene rings is 4. The van der Waals surface area contributed by atoms with Gasteiger partial charge in [0, 0.05) is 22.9 Å². The highest BCUT2D eigenvalue weighted by Crippen LogP contribution is 2.39. The molecule has 0 saturated heterocycles. The van der Waals surface area contributed by atoms with Crippen LogP contribution in [0.1, 0.15) is 119 Å². The predicted molar refractivity (Wildman–Crippen MR) is 250 cm³/mol. The van der Waals surface area contributed by atoms with Gasteiger partial charge < -0.3 is 18.9 Å². The van der Waals surface area contributed by atoms with E-state index < -0.39 is 0 Å². The average Bonchev–Trinajstić information content (AvgIpc) is 3.66. The number of esters is 4. The van der Waals surface area contributed by atoms with Gasteiger partial charge in [-0.2, -0.15) is 0 Å². The number of aromatic nitrogens is 2. The molecule has 8 rings (SSSR count). The van der Waals surface area contributed by atoms with Crippen LogP contribution < -0.4 is 9.47 Å². The van der Waals surface area contributed by atoms with E-state index in [-0.39, 0.29) is 59.4 Å². The van der Waals surface area contributed by atoms with Crippen LogP contribution in [0.2, 0.25) is 0 Å². The lowest BCUT2D eigenvalue weighted by molar-refractivity contribution is -0.153. The van der Waals surface area contributed by atoms with Crippen molar-refractivity contribution in [3.63, 3.8) is 0 Å². The monoisotopic (exact) mass is 882 g/mol. The molecule has 2 aliphatic carbocycles. The summed E-state index contributed by atoms with van der Waals surface area (Å²) in [6, 6.07) is 26.3. The number of rotatable bonds is 16. The minimum absolute atomic E-state index is 0.221. The SMILES string of the molecule is CCCc1ccc(CCC(=O)O[C@H]2CC[C@H](C(=O)Oc3ccc(OC(=O)[C@H]4CC[C@H](OC(=O)CCc5ccc(CCC)cc5)CC4)c4nc5c(nc34)sc3ccc(C)cc35)CC2)cc1. The predicted octanol–water partition coefficient (Wildman–Crippen LogP) is 11.5. The summed E-state index contributed by atoms with van der Waals surface area (Å²) in [5.74, 6) is -1.46. The number of carbonyl (C=O) groups excluding carboxylic acids is 4. The molecule has 2 aliphatic rings. The van der Waals surface area contributed by atoms with Gasteiger partial charge in [-0.05, 0) is 130 Å². The fourth-order valence-electron chi connectivity index (χ4n) is 9.03. The molecule has 0 amide bonds. The molecule has 6 aromatic rings. The molecule has 2 heterocycles. The number of aryl methyl sites for hydroxylation is 5. The maximum atomic E-state index is 13.7. The lowest BCUT2D eigenvalue weighted by atomic mass is 9.87. The molecular formula is C53H58N2O8S. The van der Waals surface area contributed by atoms with Gasteiger partial charge >= 0.3 is 23.9 Å². The zero-order valence-electron chi connectivity index (χ0n) is 37.2. The van der Waals surface area contributed by atoms with Crippen molar-refractivity contribution in [1.82, 2.24) is 9.97 Å². The quantitative estimate of drug-likeness (QED) is 0.0684. The molecule has 0 N–H and O–H groups in total. The van der Waals surface area contributed by atoms with E-state index in [1.165, 1.54) is 22.5 Å². The van der Waals surface area contributed by atoms with E-state index in [0.717, 1.165) is 52.5 Å². The second-order valence-corrected chi connectivity index (χ2v) is 18.7. The van der Waals surface area contributed by atoms with Crippen LogP contribution in [0.15, 0.2) is 78.9 Å². The average molecular weight is 883 g/mol. The summed E-state index contributed by atoms with van der Waals surface area (Å²) < 4.78 is 24.9. The largest absolute Gasteiger partial charge is 0.462 e. The Morgan fingerprint density at radius 1 is 0.547 bits per heavy atom. The maximum Gasteiger partial charge on any atom is 0.314 e. The standard InChI is InChI=1S/C53H58N2O8S/c1-4-6-34-9-13-36(14-10-34)17-30-46(56)60-40-23-19-38(20-24-40)52(58)62-43-27-28-44(50-49(43)54-48-42-32-33(3)8-29-45(42)64-51(48)55-50)63-53(59)39-21-25-41(26-22-39)61-47(57)31-18-37-15-11-35(7-5-2)12-16-37/h8-16,27-29,32,38-41H,4-7,17-26,30-31H2,1-3H3/t38-,39-,40-,41-. The number of hydrogen-bond donors (Lipinski definition) is 0. The van der Waals surface area contributed by atoms with Crippen molar-refractivity contribution < 1.29 is 38.1 Å². The van der Waals surface area contributed by atoms with Gasteiger partial charge in [-0.25, -0.2) is 9.97 Å². The van der Waals surface area contributed by atoms with Crippen molar-refractivity contribution in [2.45, 2.75) is 136 Å². The van der Waals surface area contributed by atoms with E-state index in [1.54, 1.807) is 12.1 Å². The van der Waals surface area contributed by atoms with Crippen molar-refractivity contribution in [2.24, 2.45) is 11.8 Å². The lowest BCUT2D eigenvalue weighted by Crippen LogP contribution is -2.30. The summed E-state index contributed by atoms with van der Waals surface area (Å²) in [7, 11) is 0. The maximum absolute atomic E-state index is 13.7. The highest BCUT2D eigenvalue weighted by Gasteiger charge is 2.32. The molecule has 0 unspecified atom stereocenters. The third kappa shape index (κ3) is 11.2. The van der Waals surface area contributed by atoms with E-state index >= 15 is 0 Å². The van der Waals surface area contributed by atoms with Gasteiger partial charge in [0.15, 0.2) is 11.5 Å². The molecule has 0 aliphatic heterocycles. The van der Waals surface area contributed by atoms with Crippen LogP contribution in [-0.4, -0.2) is 46.1 Å². The molecule has 0 radical (unpaired) electrons. The van der Waals surface area contributed by atoms with Crippen molar-refractivity contribution in [1.29, 1.82) is 0 Å². The van der Waals surface area contributed by atoms with Crippen LogP contribution in [0.4, 0.5) is 0 Å². The van der Waals surface area contributed by atoms with Gasteiger partial charge in [0.1, 0.15) is 33.6 Å². The molecule has 334 valence electrons. The van der Waals surface area contributed by atoms with Crippen molar-refractivity contribution >= 4 is 66.7 Å². The molecule has 2 fully saturated rings. The summed E-state index contributed by atoms with van der Waals surface area (Å²) in [5.41, 5.74) is 7.27. The molecular weight excluding hydrogens is 825 g/mol. The van der Waals surface area contributed by atoms with Crippen LogP contribution in [0.3, 0.4) is 0 Å². The Kier molecular flexibility index (Phi) is 14.7. The van der Waals surface area contributed by atoms with Crippen LogP contribution in [0.25, 0.3) is 31.5 Å². The number of carbonyl (C=O) groups is 4. The summed E-state index contributed by atoms with van der Waals surface area (Å²) in [6.07, 6.45) is 10.1. The van der Waals surface area contributed by atoms with Crippen LogP contribution in [-0.2, 0) is 54.3 Å². The molecule has 0 spiro atoms. The van der Waals surface area contributed by atoms with E-state index in [9.17, 15) is 19.2 Å². The first-order valence-corrected chi connectivity index (χ1v) is 24.1. The van der Waals surface area contributed by atoms with Gasteiger partial charge in [-0.1, -0.05) is 86.8 Å². The zero-order chi connectivity index (χ0) is 44.6. The third-order valence-corrected chi connectivity index (χ3v) is 13.8. The Labute approximate surface area is 379 Å². The van der Waals surface area contributed by atoms with Crippen molar-refractivity contribution in [3.8, 4) is 11.5 Å². The molecule has 64 heavy (non-hydrogen) atoms. The molecule has 0 bridgehead atoms.